The highest BCUT2D eigenvalue weighted by Crippen LogP contribution is 2.17. The molecule has 0 saturated heterocycles. The van der Waals surface area contributed by atoms with Crippen LogP contribution in [0, 0.1) is 6.92 Å². The molecule has 7 heteroatoms. The third-order valence-electron chi connectivity index (χ3n) is 4.85. The van der Waals surface area contributed by atoms with Gasteiger partial charge in [-0.2, -0.15) is 13.4 Å². The van der Waals surface area contributed by atoms with Crippen molar-refractivity contribution in [2.45, 2.75) is 11.8 Å². The highest BCUT2D eigenvalue weighted by atomic mass is 32.2. The molecule has 170 valence electrons. The molecule has 0 radical (unpaired) electrons. The average Bonchev–Trinajstić information content (AvgIpc) is 2.85. The van der Waals surface area contributed by atoms with E-state index in [-0.39, 0.29) is 10.7 Å². The topological polar surface area (TPSA) is 82.9 Å². The van der Waals surface area contributed by atoms with Crippen LogP contribution in [0.5, 0.6) is 0 Å². The molecule has 0 aliphatic rings. The Morgan fingerprint density at radius 2 is 1.12 bits per heavy atom. The van der Waals surface area contributed by atoms with Crippen LogP contribution in [0.25, 0.3) is 0 Å². The van der Waals surface area contributed by atoms with E-state index >= 15 is 0 Å². The van der Waals surface area contributed by atoms with E-state index in [2.05, 4.69) is 20.0 Å². The third-order valence-corrected chi connectivity index (χ3v) is 6.13. The fourth-order valence-corrected chi connectivity index (χ4v) is 4.07. The summed E-state index contributed by atoms with van der Waals surface area (Å²) in [6, 6.07) is 34.6. The predicted octanol–water partition coefficient (Wildman–Crippen LogP) is 5.71. The van der Waals surface area contributed by atoms with Crippen molar-refractivity contribution >= 4 is 33.2 Å². The molecule has 0 aliphatic heterocycles. The number of aryl methyl sites for hydroxylation is 1. The minimum Gasteiger partial charge on any atom is -0.326 e. The van der Waals surface area contributed by atoms with E-state index < -0.39 is 10.0 Å². The van der Waals surface area contributed by atoms with Crippen LogP contribution in [0.3, 0.4) is 0 Å². The molecule has 2 N–H and O–H groups in total. The first kappa shape index (κ1) is 22.9. The zero-order valence-corrected chi connectivity index (χ0v) is 19.4. The summed E-state index contributed by atoms with van der Waals surface area (Å²) >= 11 is 0. The van der Waals surface area contributed by atoms with E-state index in [0.29, 0.717) is 11.5 Å². The van der Waals surface area contributed by atoms with E-state index in [0.717, 1.165) is 16.9 Å². The molecule has 0 amide bonds. The maximum absolute atomic E-state index is 13.1. The Bertz CT molecular complexity index is 1340. The summed E-state index contributed by atoms with van der Waals surface area (Å²) in [7, 11) is -3.99. The van der Waals surface area contributed by atoms with Crippen molar-refractivity contribution in [2.24, 2.45) is 9.39 Å². The summed E-state index contributed by atoms with van der Waals surface area (Å²) in [4.78, 5) is 4.74. The molecule has 0 atom stereocenters. The molecule has 0 saturated carbocycles. The molecular weight excluding hydrogens is 444 g/mol. The number of hydrogen-bond donors (Lipinski definition) is 2. The highest BCUT2D eigenvalue weighted by molar-refractivity contribution is 7.90. The number of benzene rings is 4. The molecule has 0 aliphatic carbocycles. The van der Waals surface area contributed by atoms with Gasteiger partial charge in [-0.25, -0.2) is 0 Å². The van der Waals surface area contributed by atoms with Crippen LogP contribution in [-0.4, -0.2) is 20.2 Å². The van der Waals surface area contributed by atoms with Gasteiger partial charge in [0.25, 0.3) is 10.0 Å². The fraction of sp³-hybridized carbons (Fsp3) is 0.0370. The Hall–Kier alpha value is -4.23. The van der Waals surface area contributed by atoms with E-state index in [1.165, 1.54) is 0 Å². The van der Waals surface area contributed by atoms with E-state index in [1.807, 2.05) is 85.8 Å². The molecule has 4 aromatic carbocycles. The fourth-order valence-electron chi connectivity index (χ4n) is 3.11. The van der Waals surface area contributed by atoms with Crippen LogP contribution in [0.15, 0.2) is 130 Å². The largest absolute Gasteiger partial charge is 0.326 e. The summed E-state index contributed by atoms with van der Waals surface area (Å²) in [5.74, 6) is 0.391. The van der Waals surface area contributed by atoms with Gasteiger partial charge in [0.05, 0.1) is 4.90 Å². The zero-order valence-electron chi connectivity index (χ0n) is 18.6. The molecular formula is C27H24N4O2S. The molecule has 0 unspecified atom stereocenters. The molecule has 4 rings (SSSR count). The Kier molecular flexibility index (Phi) is 7.15. The summed E-state index contributed by atoms with van der Waals surface area (Å²) in [5, 5.41) is 6.45. The van der Waals surface area contributed by atoms with Crippen LogP contribution < -0.4 is 10.6 Å². The Balaban J connectivity index is 1.81. The van der Waals surface area contributed by atoms with Crippen molar-refractivity contribution < 1.29 is 8.42 Å². The lowest BCUT2D eigenvalue weighted by Crippen LogP contribution is -2.24. The van der Waals surface area contributed by atoms with Crippen molar-refractivity contribution in [3.8, 4) is 0 Å². The smallest absolute Gasteiger partial charge is 0.284 e. The normalized spacial score (nSPS) is 11.5. The monoisotopic (exact) mass is 468 g/mol. The number of para-hydroxylation sites is 2. The Labute approximate surface area is 199 Å². The van der Waals surface area contributed by atoms with Gasteiger partial charge < -0.3 is 10.6 Å². The second-order valence-corrected chi connectivity index (χ2v) is 9.12. The van der Waals surface area contributed by atoms with Crippen molar-refractivity contribution in [3.05, 3.63) is 126 Å². The van der Waals surface area contributed by atoms with Crippen LogP contribution >= 0.6 is 0 Å². The first-order valence-corrected chi connectivity index (χ1v) is 12.1. The molecule has 34 heavy (non-hydrogen) atoms. The number of sulfonamides is 1. The number of hydrogen-bond acceptors (Lipinski definition) is 2. The summed E-state index contributed by atoms with van der Waals surface area (Å²) in [6.07, 6.45) is 0. The van der Waals surface area contributed by atoms with E-state index in [1.54, 1.807) is 36.4 Å². The molecule has 0 fully saturated rings. The lowest BCUT2D eigenvalue weighted by molar-refractivity contribution is 0.598. The number of amidine groups is 1. The van der Waals surface area contributed by atoms with Gasteiger partial charge in [-0.3, -0.25) is 0 Å². The molecule has 0 aromatic heterocycles. The van der Waals surface area contributed by atoms with Gasteiger partial charge in [0.1, 0.15) is 0 Å². The van der Waals surface area contributed by atoms with Gasteiger partial charge in [0, 0.05) is 16.9 Å². The van der Waals surface area contributed by atoms with Gasteiger partial charge in [-0.05, 0) is 43.3 Å². The van der Waals surface area contributed by atoms with Crippen LogP contribution in [0.1, 0.15) is 11.1 Å². The quantitative estimate of drug-likeness (QED) is 0.290. The molecule has 4 aromatic rings. The maximum Gasteiger partial charge on any atom is 0.284 e. The third kappa shape index (κ3) is 6.17. The van der Waals surface area contributed by atoms with Crippen molar-refractivity contribution in [2.75, 3.05) is 10.6 Å². The average molecular weight is 469 g/mol. The van der Waals surface area contributed by atoms with Crippen LogP contribution in [0.4, 0.5) is 11.4 Å². The lowest BCUT2D eigenvalue weighted by atomic mass is 10.2. The van der Waals surface area contributed by atoms with Gasteiger partial charge in [-0.15, -0.1) is 4.40 Å². The van der Waals surface area contributed by atoms with Crippen molar-refractivity contribution in [1.82, 2.24) is 0 Å². The van der Waals surface area contributed by atoms with Gasteiger partial charge in [0.15, 0.2) is 5.84 Å². The number of guanidine groups is 1. The van der Waals surface area contributed by atoms with Crippen LogP contribution in [0.2, 0.25) is 0 Å². The predicted molar refractivity (Wildman–Crippen MR) is 139 cm³/mol. The maximum atomic E-state index is 13.1. The minimum atomic E-state index is -3.99. The van der Waals surface area contributed by atoms with Crippen LogP contribution in [-0.2, 0) is 10.0 Å². The summed E-state index contributed by atoms with van der Waals surface area (Å²) in [5.41, 5.74) is 3.11. The van der Waals surface area contributed by atoms with Gasteiger partial charge in [-0.1, -0.05) is 84.4 Å². The Morgan fingerprint density at radius 1 is 0.647 bits per heavy atom. The first-order valence-electron chi connectivity index (χ1n) is 10.7. The molecule has 6 nitrogen and oxygen atoms in total. The SMILES string of the molecule is Cc1ccc(S(=O)(=O)/N=C(\N=C(Nc2ccccc2)Nc2ccccc2)c2ccccc2)cc1. The van der Waals surface area contributed by atoms with Crippen molar-refractivity contribution in [3.63, 3.8) is 0 Å². The minimum absolute atomic E-state index is 0.0584. The summed E-state index contributed by atoms with van der Waals surface area (Å²) in [6.45, 7) is 1.90. The van der Waals surface area contributed by atoms with Gasteiger partial charge in [0.2, 0.25) is 5.96 Å². The lowest BCUT2D eigenvalue weighted by Gasteiger charge is -2.13. The Morgan fingerprint density at radius 3 is 1.62 bits per heavy atom. The molecule has 0 spiro atoms. The van der Waals surface area contributed by atoms with Crippen molar-refractivity contribution in [1.29, 1.82) is 0 Å². The number of nitrogens with one attached hydrogen (secondary N) is 2. The number of anilines is 2. The summed E-state index contributed by atoms with van der Waals surface area (Å²) < 4.78 is 30.4. The molecule has 0 bridgehead atoms. The highest BCUT2D eigenvalue weighted by Gasteiger charge is 2.16. The zero-order chi connectivity index (χ0) is 23.8. The second kappa shape index (κ2) is 10.6. The number of aliphatic imine (C=N–C) groups is 1. The standard InChI is InChI=1S/C27H24N4O2S/c1-21-17-19-25(20-18-21)34(32,33)31-26(22-11-5-2-6-12-22)30-27(28-23-13-7-3-8-14-23)29-24-15-9-4-10-16-24/h2-20H,1H3,(H2,28,29,30,31). The molecule has 0 heterocycles. The first-order chi connectivity index (χ1) is 16.5. The van der Waals surface area contributed by atoms with E-state index in [9.17, 15) is 8.42 Å². The number of nitrogens with zero attached hydrogens (tertiary/aromatic N) is 2. The van der Waals surface area contributed by atoms with Gasteiger partial charge >= 0.3 is 0 Å². The second-order valence-electron chi connectivity index (χ2n) is 7.51. The van der Waals surface area contributed by atoms with E-state index in [4.69, 9.17) is 0 Å². The number of rotatable bonds is 5.